The highest BCUT2D eigenvalue weighted by Gasteiger charge is 2.54. The van der Waals surface area contributed by atoms with E-state index < -0.39 is 17.2 Å². The Labute approximate surface area is 189 Å². The van der Waals surface area contributed by atoms with Crippen LogP contribution >= 0.6 is 0 Å². The Balaban J connectivity index is 1.21. The Morgan fingerprint density at radius 2 is 1.70 bits per heavy atom. The highest BCUT2D eigenvalue weighted by Crippen LogP contribution is 2.48. The number of benzene rings is 2. The first-order valence-corrected chi connectivity index (χ1v) is 11.1. The van der Waals surface area contributed by atoms with Crippen molar-refractivity contribution in [2.75, 3.05) is 44.2 Å². The molecule has 3 heterocycles. The quantitative estimate of drug-likeness (QED) is 0.508. The van der Waals surface area contributed by atoms with Gasteiger partial charge in [0.25, 0.3) is 0 Å². The van der Waals surface area contributed by atoms with E-state index in [4.69, 9.17) is 4.74 Å². The van der Waals surface area contributed by atoms with Gasteiger partial charge in [0.2, 0.25) is 0 Å². The van der Waals surface area contributed by atoms with Crippen LogP contribution in [0, 0.1) is 17.5 Å². The lowest BCUT2D eigenvalue weighted by Gasteiger charge is -2.36. The molecule has 0 spiro atoms. The predicted octanol–water partition coefficient (Wildman–Crippen LogP) is 2.94. The fourth-order valence-electron chi connectivity index (χ4n) is 4.55. The van der Waals surface area contributed by atoms with Gasteiger partial charge in [0.1, 0.15) is 23.1 Å². The summed E-state index contributed by atoms with van der Waals surface area (Å²) >= 11 is 0. The van der Waals surface area contributed by atoms with Gasteiger partial charge in [-0.05, 0) is 47.7 Å². The first-order chi connectivity index (χ1) is 16.0. The predicted molar refractivity (Wildman–Crippen MR) is 115 cm³/mol. The third-order valence-electron chi connectivity index (χ3n) is 6.66. The molecular formula is C23H25F3N6O. The molecule has 2 aromatic carbocycles. The number of rotatable bonds is 7. The first kappa shape index (κ1) is 21.8. The summed E-state index contributed by atoms with van der Waals surface area (Å²) in [4.78, 5) is 4.58. The van der Waals surface area contributed by atoms with Crippen LogP contribution in [-0.2, 0) is 16.8 Å². The van der Waals surface area contributed by atoms with Gasteiger partial charge in [-0.2, -0.15) is 0 Å². The molecule has 0 bridgehead atoms. The van der Waals surface area contributed by atoms with Crippen LogP contribution in [0.3, 0.4) is 0 Å². The van der Waals surface area contributed by atoms with Gasteiger partial charge < -0.3 is 9.64 Å². The average Bonchev–Trinajstić information content (AvgIpc) is 3.48. The van der Waals surface area contributed by atoms with Crippen LogP contribution < -0.4 is 4.90 Å². The molecule has 33 heavy (non-hydrogen) atoms. The number of piperazine rings is 1. The van der Waals surface area contributed by atoms with Crippen LogP contribution in [0.5, 0.6) is 0 Å². The maximum absolute atomic E-state index is 14.4. The van der Waals surface area contributed by atoms with Gasteiger partial charge >= 0.3 is 0 Å². The Hall–Kier alpha value is -2.98. The van der Waals surface area contributed by atoms with E-state index >= 15 is 0 Å². The lowest BCUT2D eigenvalue weighted by atomic mass is 9.92. The molecule has 1 aromatic heterocycles. The summed E-state index contributed by atoms with van der Waals surface area (Å²) in [5, 5.41) is 12.2. The average molecular weight is 458 g/mol. The van der Waals surface area contributed by atoms with Crippen molar-refractivity contribution in [3.63, 3.8) is 0 Å². The van der Waals surface area contributed by atoms with E-state index in [1.165, 1.54) is 24.3 Å². The van der Waals surface area contributed by atoms with Crippen LogP contribution in [0.2, 0.25) is 0 Å². The third kappa shape index (κ3) is 4.32. The first-order valence-electron chi connectivity index (χ1n) is 11.1. The second-order valence-electron chi connectivity index (χ2n) is 8.57. The van der Waals surface area contributed by atoms with Crippen molar-refractivity contribution in [2.24, 2.45) is 0 Å². The van der Waals surface area contributed by atoms with Crippen molar-refractivity contribution in [1.29, 1.82) is 0 Å². The molecule has 2 fully saturated rings. The molecule has 2 aliphatic heterocycles. The van der Waals surface area contributed by atoms with Gasteiger partial charge in [-0.15, -0.1) is 5.10 Å². The molecule has 7 nitrogen and oxygen atoms in total. The van der Waals surface area contributed by atoms with Gasteiger partial charge in [-0.25, -0.2) is 17.9 Å². The minimum Gasteiger partial charge on any atom is -0.369 e. The standard InChI is InChI=1S/C23H25F3N6O/c1-16(23(15-33-23)20-7-4-18(25)14-21(20)26)32-22(27-28-29-32)8-9-30-10-12-31(13-11-30)19-5-2-17(24)3-6-19/h2-7,14,16H,8-13,15H2,1H3. The Kier molecular flexibility index (Phi) is 5.79. The van der Waals surface area contributed by atoms with Crippen LogP contribution in [0.15, 0.2) is 42.5 Å². The van der Waals surface area contributed by atoms with Crippen LogP contribution in [0.1, 0.15) is 24.4 Å². The molecule has 10 heteroatoms. The molecule has 2 saturated heterocycles. The number of aromatic nitrogens is 4. The van der Waals surface area contributed by atoms with E-state index in [2.05, 4.69) is 25.3 Å². The molecule has 174 valence electrons. The zero-order valence-electron chi connectivity index (χ0n) is 18.3. The lowest BCUT2D eigenvalue weighted by molar-refractivity contribution is 0.206. The van der Waals surface area contributed by atoms with Gasteiger partial charge in [-0.3, -0.25) is 4.90 Å². The second-order valence-corrected chi connectivity index (χ2v) is 8.57. The van der Waals surface area contributed by atoms with E-state index in [9.17, 15) is 13.2 Å². The monoisotopic (exact) mass is 458 g/mol. The summed E-state index contributed by atoms with van der Waals surface area (Å²) in [6.07, 6.45) is 0.635. The smallest absolute Gasteiger partial charge is 0.153 e. The zero-order chi connectivity index (χ0) is 23.0. The number of hydrogen-bond donors (Lipinski definition) is 0. The summed E-state index contributed by atoms with van der Waals surface area (Å²) in [5.74, 6) is -0.791. The van der Waals surface area contributed by atoms with E-state index in [1.54, 1.807) is 16.8 Å². The summed E-state index contributed by atoms with van der Waals surface area (Å²) < 4.78 is 48.3. The summed E-state index contributed by atoms with van der Waals surface area (Å²) in [6.45, 7) is 6.45. The molecule has 5 rings (SSSR count). The van der Waals surface area contributed by atoms with Crippen molar-refractivity contribution < 1.29 is 17.9 Å². The Bertz CT molecular complexity index is 1110. The van der Waals surface area contributed by atoms with E-state index in [0.29, 0.717) is 24.4 Å². The molecule has 2 unspecified atom stereocenters. The number of epoxide rings is 1. The van der Waals surface area contributed by atoms with Crippen molar-refractivity contribution in [3.8, 4) is 0 Å². The van der Waals surface area contributed by atoms with E-state index in [1.807, 2.05) is 6.92 Å². The number of anilines is 1. The van der Waals surface area contributed by atoms with Crippen LogP contribution in [0.4, 0.5) is 18.9 Å². The van der Waals surface area contributed by atoms with Crippen molar-refractivity contribution in [2.45, 2.75) is 25.0 Å². The second kappa shape index (κ2) is 8.75. The topological polar surface area (TPSA) is 62.6 Å². The fourth-order valence-corrected chi connectivity index (χ4v) is 4.55. The van der Waals surface area contributed by atoms with Crippen molar-refractivity contribution >= 4 is 5.69 Å². The highest BCUT2D eigenvalue weighted by atomic mass is 19.1. The lowest BCUT2D eigenvalue weighted by Crippen LogP contribution is -2.47. The van der Waals surface area contributed by atoms with Crippen molar-refractivity contribution in [3.05, 3.63) is 71.3 Å². The molecule has 2 aliphatic rings. The number of tetrazole rings is 1. The highest BCUT2D eigenvalue weighted by molar-refractivity contribution is 5.46. The largest absolute Gasteiger partial charge is 0.369 e. The molecule has 0 saturated carbocycles. The maximum Gasteiger partial charge on any atom is 0.153 e. The third-order valence-corrected chi connectivity index (χ3v) is 6.66. The molecular weight excluding hydrogens is 433 g/mol. The van der Waals surface area contributed by atoms with Gasteiger partial charge in [0.15, 0.2) is 5.82 Å². The summed E-state index contributed by atoms with van der Waals surface area (Å²) in [5.41, 5.74) is 0.439. The molecule has 0 aliphatic carbocycles. The molecule has 0 amide bonds. The Morgan fingerprint density at radius 1 is 1.00 bits per heavy atom. The number of hydrogen-bond acceptors (Lipinski definition) is 6. The maximum atomic E-state index is 14.4. The normalized spacial score (nSPS) is 21.9. The van der Waals surface area contributed by atoms with E-state index in [0.717, 1.165) is 44.5 Å². The molecule has 0 N–H and O–H groups in total. The molecule has 2 atom stereocenters. The van der Waals surface area contributed by atoms with Gasteiger partial charge in [0.05, 0.1) is 12.6 Å². The Morgan fingerprint density at radius 3 is 2.36 bits per heavy atom. The van der Waals surface area contributed by atoms with Gasteiger partial charge in [-0.1, -0.05) is 6.07 Å². The summed E-state index contributed by atoms with van der Waals surface area (Å²) in [7, 11) is 0. The number of halogens is 3. The minimum atomic E-state index is -0.900. The summed E-state index contributed by atoms with van der Waals surface area (Å²) in [6, 6.07) is 9.77. The zero-order valence-corrected chi connectivity index (χ0v) is 18.3. The van der Waals surface area contributed by atoms with Crippen molar-refractivity contribution in [1.82, 2.24) is 25.1 Å². The van der Waals surface area contributed by atoms with Gasteiger partial charge in [0, 0.05) is 56.5 Å². The minimum absolute atomic E-state index is 0.232. The number of nitrogens with zero attached hydrogens (tertiary/aromatic N) is 6. The van der Waals surface area contributed by atoms with Crippen LogP contribution in [-0.4, -0.2) is 64.4 Å². The van der Waals surface area contributed by atoms with Crippen LogP contribution in [0.25, 0.3) is 0 Å². The molecule has 3 aromatic rings. The number of ether oxygens (including phenoxy) is 1. The van der Waals surface area contributed by atoms with E-state index in [-0.39, 0.29) is 11.9 Å². The molecule has 0 radical (unpaired) electrons. The fraction of sp³-hybridized carbons (Fsp3) is 0.435. The SMILES string of the molecule is CC(n1nnnc1CCN1CCN(c2ccc(F)cc2)CC1)C1(c2ccc(F)cc2F)CO1.